The molecule has 0 spiro atoms. The van der Waals surface area contributed by atoms with Crippen LogP contribution in [0.15, 0.2) is 30.5 Å². The number of hydrogen-bond donors (Lipinski definition) is 2. The van der Waals surface area contributed by atoms with Crippen LogP contribution < -0.4 is 5.32 Å². The summed E-state index contributed by atoms with van der Waals surface area (Å²) in [6, 6.07) is 9.47. The van der Waals surface area contributed by atoms with Crippen molar-refractivity contribution in [2.24, 2.45) is 5.92 Å². The first-order chi connectivity index (χ1) is 9.33. The quantitative estimate of drug-likeness (QED) is 0.842. The van der Waals surface area contributed by atoms with Gasteiger partial charge in [0.05, 0.1) is 0 Å². The minimum atomic E-state index is 0.641. The smallest absolute Gasteiger partial charge is 0.0454 e. The van der Waals surface area contributed by atoms with E-state index in [4.69, 9.17) is 0 Å². The molecule has 1 heterocycles. The number of rotatable bonds is 4. The lowest BCUT2D eigenvalue weighted by molar-refractivity contribution is 0.280. The van der Waals surface area contributed by atoms with E-state index < -0.39 is 0 Å². The molecular formula is C17H24N2. The van der Waals surface area contributed by atoms with Crippen LogP contribution in [0.2, 0.25) is 0 Å². The zero-order valence-electron chi connectivity index (χ0n) is 11.8. The SMILES string of the molecule is CC(NCc1ccc2[nH]ccc2c1)C1CCCCC1. The molecule has 2 aromatic rings. The molecule has 19 heavy (non-hydrogen) atoms. The van der Waals surface area contributed by atoms with Gasteiger partial charge in [-0.15, -0.1) is 0 Å². The summed E-state index contributed by atoms with van der Waals surface area (Å²) >= 11 is 0. The lowest BCUT2D eigenvalue weighted by Crippen LogP contribution is -2.34. The van der Waals surface area contributed by atoms with Crippen LogP contribution in [0.4, 0.5) is 0 Å². The van der Waals surface area contributed by atoms with Crippen molar-refractivity contribution in [1.29, 1.82) is 0 Å². The Kier molecular flexibility index (Phi) is 3.88. The predicted octanol–water partition coefficient (Wildman–Crippen LogP) is 4.23. The molecule has 0 saturated heterocycles. The highest BCUT2D eigenvalue weighted by Gasteiger charge is 2.19. The lowest BCUT2D eigenvalue weighted by Gasteiger charge is -2.28. The Hall–Kier alpha value is -1.28. The van der Waals surface area contributed by atoms with Gasteiger partial charge in [-0.25, -0.2) is 0 Å². The zero-order chi connectivity index (χ0) is 13.1. The van der Waals surface area contributed by atoms with Gasteiger partial charge in [0.25, 0.3) is 0 Å². The summed E-state index contributed by atoms with van der Waals surface area (Å²) in [5.74, 6) is 0.879. The summed E-state index contributed by atoms with van der Waals surface area (Å²) in [6.07, 6.45) is 9.11. The van der Waals surface area contributed by atoms with Crippen LogP contribution in [-0.2, 0) is 6.54 Å². The van der Waals surface area contributed by atoms with Gasteiger partial charge in [0.15, 0.2) is 0 Å². The molecule has 1 fully saturated rings. The van der Waals surface area contributed by atoms with Gasteiger partial charge >= 0.3 is 0 Å². The fourth-order valence-corrected chi connectivity index (χ4v) is 3.29. The van der Waals surface area contributed by atoms with Gasteiger partial charge in [0, 0.05) is 24.3 Å². The molecule has 0 bridgehead atoms. The third-order valence-corrected chi connectivity index (χ3v) is 4.60. The van der Waals surface area contributed by atoms with E-state index in [2.05, 4.69) is 41.5 Å². The Balaban J connectivity index is 1.58. The molecular weight excluding hydrogens is 232 g/mol. The Bertz CT molecular complexity index is 523. The molecule has 1 aromatic carbocycles. The van der Waals surface area contributed by atoms with Crippen LogP contribution in [0.3, 0.4) is 0 Å². The number of H-pyrrole nitrogens is 1. The number of aromatic nitrogens is 1. The average Bonchev–Trinajstić information content (AvgIpc) is 2.93. The van der Waals surface area contributed by atoms with Crippen molar-refractivity contribution >= 4 is 10.9 Å². The Morgan fingerprint density at radius 1 is 1.21 bits per heavy atom. The number of aromatic amines is 1. The van der Waals surface area contributed by atoms with Gasteiger partial charge in [0.2, 0.25) is 0 Å². The van der Waals surface area contributed by atoms with Gasteiger partial charge in [-0.3, -0.25) is 0 Å². The first-order valence-corrected chi connectivity index (χ1v) is 7.62. The van der Waals surface area contributed by atoms with E-state index in [1.165, 1.54) is 48.6 Å². The summed E-state index contributed by atoms with van der Waals surface area (Å²) in [4.78, 5) is 3.24. The van der Waals surface area contributed by atoms with Crippen molar-refractivity contribution in [3.8, 4) is 0 Å². The minimum absolute atomic E-state index is 0.641. The molecule has 2 heteroatoms. The molecule has 0 radical (unpaired) electrons. The van der Waals surface area contributed by atoms with Crippen molar-refractivity contribution in [3.63, 3.8) is 0 Å². The fourth-order valence-electron chi connectivity index (χ4n) is 3.29. The van der Waals surface area contributed by atoms with Crippen LogP contribution >= 0.6 is 0 Å². The largest absolute Gasteiger partial charge is 0.361 e. The number of fused-ring (bicyclic) bond motifs is 1. The highest BCUT2D eigenvalue weighted by atomic mass is 14.9. The zero-order valence-corrected chi connectivity index (χ0v) is 11.8. The molecule has 102 valence electrons. The van der Waals surface area contributed by atoms with Crippen LogP contribution in [0.25, 0.3) is 10.9 Å². The van der Waals surface area contributed by atoms with E-state index in [0.29, 0.717) is 6.04 Å². The second kappa shape index (κ2) is 5.79. The Labute approximate surface area is 115 Å². The monoisotopic (exact) mass is 256 g/mol. The first-order valence-electron chi connectivity index (χ1n) is 7.62. The fraction of sp³-hybridized carbons (Fsp3) is 0.529. The maximum atomic E-state index is 3.72. The average molecular weight is 256 g/mol. The minimum Gasteiger partial charge on any atom is -0.361 e. The van der Waals surface area contributed by atoms with E-state index in [1.54, 1.807) is 0 Å². The van der Waals surface area contributed by atoms with Gasteiger partial charge in [-0.2, -0.15) is 0 Å². The number of nitrogens with one attached hydrogen (secondary N) is 2. The van der Waals surface area contributed by atoms with Crippen LogP contribution in [-0.4, -0.2) is 11.0 Å². The van der Waals surface area contributed by atoms with Crippen LogP contribution in [0, 0.1) is 5.92 Å². The van der Waals surface area contributed by atoms with Gasteiger partial charge < -0.3 is 10.3 Å². The predicted molar refractivity (Wildman–Crippen MR) is 81.2 cm³/mol. The highest BCUT2D eigenvalue weighted by Crippen LogP contribution is 2.26. The standard InChI is InChI=1S/C17H24N2/c1-13(15-5-3-2-4-6-15)19-12-14-7-8-17-16(11-14)9-10-18-17/h7-11,13,15,18-19H,2-6,12H2,1H3. The van der Waals surface area contributed by atoms with E-state index in [9.17, 15) is 0 Å². The van der Waals surface area contributed by atoms with Crippen LogP contribution in [0.1, 0.15) is 44.6 Å². The summed E-state index contributed by atoms with van der Waals surface area (Å²) in [6.45, 7) is 3.34. The first kappa shape index (κ1) is 12.7. The van der Waals surface area contributed by atoms with E-state index in [-0.39, 0.29) is 0 Å². The molecule has 1 unspecified atom stereocenters. The molecule has 1 aliphatic carbocycles. The molecule has 0 aliphatic heterocycles. The molecule has 1 atom stereocenters. The maximum absolute atomic E-state index is 3.72. The lowest BCUT2D eigenvalue weighted by atomic mass is 9.84. The Morgan fingerprint density at radius 3 is 2.89 bits per heavy atom. The Morgan fingerprint density at radius 2 is 2.05 bits per heavy atom. The molecule has 2 nitrogen and oxygen atoms in total. The van der Waals surface area contributed by atoms with Gasteiger partial charge in [-0.05, 0) is 54.8 Å². The molecule has 3 rings (SSSR count). The van der Waals surface area contributed by atoms with Crippen molar-refractivity contribution in [2.45, 2.75) is 51.6 Å². The molecule has 2 N–H and O–H groups in total. The topological polar surface area (TPSA) is 27.8 Å². The molecule has 0 amide bonds. The molecule has 1 aromatic heterocycles. The van der Waals surface area contributed by atoms with Gasteiger partial charge in [0.1, 0.15) is 0 Å². The van der Waals surface area contributed by atoms with Crippen molar-refractivity contribution in [2.75, 3.05) is 0 Å². The second-order valence-corrected chi connectivity index (χ2v) is 5.97. The summed E-state index contributed by atoms with van der Waals surface area (Å²) in [5.41, 5.74) is 2.61. The maximum Gasteiger partial charge on any atom is 0.0454 e. The van der Waals surface area contributed by atoms with E-state index in [0.717, 1.165) is 12.5 Å². The van der Waals surface area contributed by atoms with Crippen molar-refractivity contribution in [3.05, 3.63) is 36.0 Å². The van der Waals surface area contributed by atoms with Crippen molar-refractivity contribution < 1.29 is 0 Å². The summed E-state index contributed by atoms with van der Waals surface area (Å²) in [7, 11) is 0. The second-order valence-electron chi connectivity index (χ2n) is 5.97. The van der Waals surface area contributed by atoms with Crippen LogP contribution in [0.5, 0.6) is 0 Å². The third kappa shape index (κ3) is 3.01. The summed E-state index contributed by atoms with van der Waals surface area (Å²) in [5, 5.41) is 5.03. The van der Waals surface area contributed by atoms with E-state index in [1.807, 2.05) is 6.20 Å². The number of benzene rings is 1. The van der Waals surface area contributed by atoms with Gasteiger partial charge in [-0.1, -0.05) is 25.3 Å². The highest BCUT2D eigenvalue weighted by molar-refractivity contribution is 5.79. The number of hydrogen-bond acceptors (Lipinski definition) is 1. The molecule has 1 saturated carbocycles. The normalized spacial score (nSPS) is 18.8. The van der Waals surface area contributed by atoms with E-state index >= 15 is 0 Å². The molecule has 1 aliphatic rings. The third-order valence-electron chi connectivity index (χ3n) is 4.60. The van der Waals surface area contributed by atoms with Crippen molar-refractivity contribution in [1.82, 2.24) is 10.3 Å². The summed E-state index contributed by atoms with van der Waals surface area (Å²) < 4.78 is 0.